The van der Waals surface area contributed by atoms with Crippen LogP contribution in [0.4, 0.5) is 5.69 Å². The van der Waals surface area contributed by atoms with Crippen LogP contribution in [0.2, 0.25) is 5.02 Å². The number of anilines is 1. The van der Waals surface area contributed by atoms with Gasteiger partial charge < -0.3 is 10.1 Å². The summed E-state index contributed by atoms with van der Waals surface area (Å²) in [5.41, 5.74) is 3.03. The minimum Gasteiger partial charge on any atom is -0.489 e. The minimum atomic E-state index is -0.0214. The van der Waals surface area contributed by atoms with Gasteiger partial charge in [-0.2, -0.15) is 0 Å². The fourth-order valence-corrected chi connectivity index (χ4v) is 3.33. The van der Waals surface area contributed by atoms with Gasteiger partial charge in [0.2, 0.25) is 5.91 Å². The van der Waals surface area contributed by atoms with E-state index in [1.165, 1.54) is 0 Å². The molecule has 0 unspecified atom stereocenters. The molecule has 3 nitrogen and oxygen atoms in total. The van der Waals surface area contributed by atoms with Crippen molar-refractivity contribution in [2.24, 2.45) is 0 Å². The molecule has 0 aliphatic carbocycles. The van der Waals surface area contributed by atoms with E-state index in [1.807, 2.05) is 78.9 Å². The summed E-state index contributed by atoms with van der Waals surface area (Å²) in [5.74, 6) is 1.92. The van der Waals surface area contributed by atoms with Crippen LogP contribution < -0.4 is 10.1 Å². The van der Waals surface area contributed by atoms with Crippen molar-refractivity contribution in [2.45, 2.75) is 12.4 Å². The molecule has 0 aliphatic heterocycles. The standard InChI is InChI=1S/C22H20ClNO2S/c23-19-8-6-18(7-9-19)15-27-16-22(25)24-20-10-12-21(13-11-20)26-14-17-4-2-1-3-5-17/h1-13H,14-16H2,(H,24,25). The van der Waals surface area contributed by atoms with Crippen LogP contribution in [0.3, 0.4) is 0 Å². The Morgan fingerprint density at radius 1 is 0.889 bits per heavy atom. The van der Waals surface area contributed by atoms with Gasteiger partial charge in [-0.3, -0.25) is 4.79 Å². The van der Waals surface area contributed by atoms with E-state index in [2.05, 4.69) is 5.32 Å². The highest BCUT2D eigenvalue weighted by atomic mass is 35.5. The maximum absolute atomic E-state index is 12.1. The fourth-order valence-electron chi connectivity index (χ4n) is 2.41. The van der Waals surface area contributed by atoms with Crippen molar-refractivity contribution < 1.29 is 9.53 Å². The quantitative estimate of drug-likeness (QED) is 0.522. The number of halogens is 1. The molecule has 0 bridgehead atoms. The molecular formula is C22H20ClNO2S. The van der Waals surface area contributed by atoms with Gasteiger partial charge in [0.25, 0.3) is 0 Å². The normalized spacial score (nSPS) is 10.4. The summed E-state index contributed by atoms with van der Waals surface area (Å²) in [6.45, 7) is 0.522. The number of hydrogen-bond acceptors (Lipinski definition) is 3. The van der Waals surface area contributed by atoms with Gasteiger partial charge in [-0.15, -0.1) is 11.8 Å². The molecule has 0 aliphatic rings. The molecule has 3 aromatic carbocycles. The van der Waals surface area contributed by atoms with Crippen LogP contribution in [0.25, 0.3) is 0 Å². The monoisotopic (exact) mass is 397 g/mol. The van der Waals surface area contributed by atoms with E-state index in [-0.39, 0.29) is 5.91 Å². The van der Waals surface area contributed by atoms with E-state index in [1.54, 1.807) is 11.8 Å². The number of amides is 1. The lowest BCUT2D eigenvalue weighted by Crippen LogP contribution is -2.14. The number of carbonyl (C=O) groups excluding carboxylic acids is 1. The number of nitrogens with one attached hydrogen (secondary N) is 1. The molecule has 0 saturated carbocycles. The van der Waals surface area contributed by atoms with E-state index >= 15 is 0 Å². The number of carbonyl (C=O) groups is 1. The Labute approximate surface area is 168 Å². The molecule has 1 N–H and O–H groups in total. The lowest BCUT2D eigenvalue weighted by Gasteiger charge is -2.08. The molecule has 0 fully saturated rings. The average molecular weight is 398 g/mol. The first-order valence-electron chi connectivity index (χ1n) is 8.58. The Bertz CT molecular complexity index is 852. The molecular weight excluding hydrogens is 378 g/mol. The topological polar surface area (TPSA) is 38.3 Å². The van der Waals surface area contributed by atoms with Crippen molar-refractivity contribution in [3.63, 3.8) is 0 Å². The highest BCUT2D eigenvalue weighted by Gasteiger charge is 2.04. The van der Waals surface area contributed by atoms with Crippen LogP contribution in [-0.2, 0) is 17.2 Å². The first kappa shape index (κ1) is 19.3. The number of rotatable bonds is 8. The van der Waals surface area contributed by atoms with Crippen molar-refractivity contribution >= 4 is 35.0 Å². The molecule has 0 atom stereocenters. The predicted molar refractivity (Wildman–Crippen MR) is 113 cm³/mol. The minimum absolute atomic E-state index is 0.0214. The predicted octanol–water partition coefficient (Wildman–Crippen LogP) is 5.79. The zero-order valence-corrected chi connectivity index (χ0v) is 16.3. The van der Waals surface area contributed by atoms with Gasteiger partial charge in [-0.05, 0) is 47.5 Å². The number of ether oxygens (including phenoxy) is 1. The number of benzene rings is 3. The third-order valence-electron chi connectivity index (χ3n) is 3.80. The highest BCUT2D eigenvalue weighted by Crippen LogP contribution is 2.19. The van der Waals surface area contributed by atoms with Crippen LogP contribution in [0, 0.1) is 0 Å². The molecule has 0 spiro atoms. The maximum atomic E-state index is 12.1. The summed E-state index contributed by atoms with van der Waals surface area (Å²) < 4.78 is 5.75. The van der Waals surface area contributed by atoms with Gasteiger partial charge in [0.1, 0.15) is 12.4 Å². The molecule has 3 rings (SSSR count). The molecule has 0 aromatic heterocycles. The molecule has 27 heavy (non-hydrogen) atoms. The summed E-state index contributed by atoms with van der Waals surface area (Å²) in [6.07, 6.45) is 0. The smallest absolute Gasteiger partial charge is 0.234 e. The van der Waals surface area contributed by atoms with Crippen molar-refractivity contribution in [3.8, 4) is 5.75 Å². The molecule has 0 saturated heterocycles. The molecule has 0 heterocycles. The Kier molecular flexibility index (Phi) is 7.19. The average Bonchev–Trinajstić information content (AvgIpc) is 2.70. The summed E-state index contributed by atoms with van der Waals surface area (Å²) in [6, 6.07) is 25.1. The summed E-state index contributed by atoms with van der Waals surface area (Å²) in [7, 11) is 0. The zero-order valence-electron chi connectivity index (χ0n) is 14.7. The Hall–Kier alpha value is -2.43. The van der Waals surface area contributed by atoms with Crippen LogP contribution in [0.5, 0.6) is 5.75 Å². The molecule has 1 amide bonds. The molecule has 3 aromatic rings. The van der Waals surface area contributed by atoms with Crippen LogP contribution in [-0.4, -0.2) is 11.7 Å². The first-order chi connectivity index (χ1) is 13.2. The Balaban J connectivity index is 1.40. The van der Waals surface area contributed by atoms with Gasteiger partial charge in [-0.25, -0.2) is 0 Å². The van der Waals surface area contributed by atoms with Crippen LogP contribution >= 0.6 is 23.4 Å². The second kappa shape index (κ2) is 10.0. The second-order valence-electron chi connectivity index (χ2n) is 5.97. The maximum Gasteiger partial charge on any atom is 0.234 e. The third-order valence-corrected chi connectivity index (χ3v) is 5.06. The van der Waals surface area contributed by atoms with E-state index in [4.69, 9.17) is 16.3 Å². The van der Waals surface area contributed by atoms with Gasteiger partial charge in [0.15, 0.2) is 0 Å². The Morgan fingerprint density at radius 3 is 2.30 bits per heavy atom. The van der Waals surface area contributed by atoms with E-state index in [0.29, 0.717) is 12.4 Å². The number of hydrogen-bond donors (Lipinski definition) is 1. The van der Waals surface area contributed by atoms with Crippen LogP contribution in [0.1, 0.15) is 11.1 Å². The van der Waals surface area contributed by atoms with Gasteiger partial charge in [-0.1, -0.05) is 54.1 Å². The summed E-state index contributed by atoms with van der Waals surface area (Å²) in [5, 5.41) is 3.62. The van der Waals surface area contributed by atoms with Crippen molar-refractivity contribution in [3.05, 3.63) is 95.0 Å². The molecule has 138 valence electrons. The van der Waals surface area contributed by atoms with Gasteiger partial charge in [0, 0.05) is 16.5 Å². The SMILES string of the molecule is O=C(CSCc1ccc(Cl)cc1)Nc1ccc(OCc2ccccc2)cc1. The van der Waals surface area contributed by atoms with E-state index in [9.17, 15) is 4.79 Å². The largest absolute Gasteiger partial charge is 0.489 e. The Morgan fingerprint density at radius 2 is 1.59 bits per heavy atom. The summed E-state index contributed by atoms with van der Waals surface area (Å²) in [4.78, 5) is 12.1. The van der Waals surface area contributed by atoms with Crippen molar-refractivity contribution in [1.29, 1.82) is 0 Å². The number of thioether (sulfide) groups is 1. The van der Waals surface area contributed by atoms with Crippen molar-refractivity contribution in [2.75, 3.05) is 11.1 Å². The van der Waals surface area contributed by atoms with E-state index < -0.39 is 0 Å². The fraction of sp³-hybridized carbons (Fsp3) is 0.136. The lowest BCUT2D eigenvalue weighted by molar-refractivity contribution is -0.113. The van der Waals surface area contributed by atoms with E-state index in [0.717, 1.165) is 33.3 Å². The van der Waals surface area contributed by atoms with Crippen LogP contribution in [0.15, 0.2) is 78.9 Å². The summed E-state index contributed by atoms with van der Waals surface area (Å²) >= 11 is 7.44. The van der Waals surface area contributed by atoms with Crippen molar-refractivity contribution in [1.82, 2.24) is 0 Å². The van der Waals surface area contributed by atoms with Gasteiger partial charge in [0.05, 0.1) is 5.75 Å². The molecule has 0 radical (unpaired) electrons. The van der Waals surface area contributed by atoms with Gasteiger partial charge >= 0.3 is 0 Å². The third kappa shape index (κ3) is 6.66. The first-order valence-corrected chi connectivity index (χ1v) is 10.1. The molecule has 5 heteroatoms. The second-order valence-corrected chi connectivity index (χ2v) is 7.39. The highest BCUT2D eigenvalue weighted by molar-refractivity contribution is 7.99. The zero-order chi connectivity index (χ0) is 18.9. The lowest BCUT2D eigenvalue weighted by atomic mass is 10.2.